The molecule has 25 heavy (non-hydrogen) atoms. The molecule has 0 bridgehead atoms. The van der Waals surface area contributed by atoms with E-state index in [2.05, 4.69) is 44.2 Å². The zero-order valence-electron chi connectivity index (χ0n) is 14.5. The second-order valence-electron chi connectivity index (χ2n) is 6.92. The third kappa shape index (κ3) is 2.38. The van der Waals surface area contributed by atoms with Crippen molar-refractivity contribution in [1.29, 1.82) is 5.26 Å². The van der Waals surface area contributed by atoms with E-state index in [4.69, 9.17) is 15.0 Å². The Morgan fingerprint density at radius 3 is 2.64 bits per heavy atom. The third-order valence-corrected chi connectivity index (χ3v) is 6.65. The summed E-state index contributed by atoms with van der Waals surface area (Å²) in [6.07, 6.45) is 6.05. The fourth-order valence-corrected chi connectivity index (χ4v) is 4.94. The number of nitriles is 1. The normalized spacial score (nSPS) is 28.3. The summed E-state index contributed by atoms with van der Waals surface area (Å²) in [7, 11) is 0. The van der Waals surface area contributed by atoms with Crippen LogP contribution in [0.25, 0.3) is 10.4 Å². The minimum Gasteiger partial charge on any atom is -0.225 e. The van der Waals surface area contributed by atoms with Gasteiger partial charge in [0, 0.05) is 11.3 Å². The van der Waals surface area contributed by atoms with Gasteiger partial charge in [0.25, 0.3) is 0 Å². The highest BCUT2D eigenvalue weighted by atomic mass is 32.1. The predicted octanol–water partition coefficient (Wildman–Crippen LogP) is 5.72. The molecule has 1 saturated heterocycles. The molecule has 2 aliphatic rings. The summed E-state index contributed by atoms with van der Waals surface area (Å²) in [4.78, 5) is 13.5. The summed E-state index contributed by atoms with van der Waals surface area (Å²) in [5.41, 5.74) is 3.02. The fourth-order valence-electron chi connectivity index (χ4n) is 4.10. The van der Waals surface area contributed by atoms with E-state index < -0.39 is 5.60 Å². The Morgan fingerprint density at radius 2 is 2.04 bits per heavy atom. The van der Waals surface area contributed by atoms with Crippen LogP contribution in [-0.2, 0) is 15.4 Å². The molecule has 1 spiro atoms. The van der Waals surface area contributed by atoms with Gasteiger partial charge in [-0.3, -0.25) is 0 Å². The van der Waals surface area contributed by atoms with E-state index in [1.54, 1.807) is 0 Å². The molecule has 3 nitrogen and oxygen atoms in total. The molecule has 0 saturated carbocycles. The van der Waals surface area contributed by atoms with E-state index >= 15 is 0 Å². The lowest BCUT2D eigenvalue weighted by Gasteiger charge is -2.58. The Morgan fingerprint density at radius 1 is 1.20 bits per heavy atom. The van der Waals surface area contributed by atoms with Crippen LogP contribution in [0.4, 0.5) is 0 Å². The maximum atomic E-state index is 9.16. The van der Waals surface area contributed by atoms with Crippen molar-refractivity contribution in [2.24, 2.45) is 0 Å². The third-order valence-electron chi connectivity index (χ3n) is 5.62. The Labute approximate surface area is 152 Å². The van der Waals surface area contributed by atoms with E-state index in [9.17, 15) is 0 Å². The van der Waals surface area contributed by atoms with Gasteiger partial charge in [0.05, 0.1) is 0 Å². The molecule has 128 valence electrons. The molecule has 0 radical (unpaired) electrons. The van der Waals surface area contributed by atoms with Crippen LogP contribution in [0.5, 0.6) is 0 Å². The zero-order valence-corrected chi connectivity index (χ0v) is 15.4. The highest BCUT2D eigenvalue weighted by molar-refractivity contribution is 7.16. The van der Waals surface area contributed by atoms with Crippen molar-refractivity contribution in [2.75, 3.05) is 0 Å². The molecule has 4 rings (SSSR count). The molecule has 0 amide bonds. The molecule has 2 unspecified atom stereocenters. The molecule has 1 aromatic heterocycles. The van der Waals surface area contributed by atoms with Crippen molar-refractivity contribution in [1.82, 2.24) is 0 Å². The molecule has 1 aliphatic heterocycles. The Bertz CT molecular complexity index is 874. The average Bonchev–Trinajstić information content (AvgIpc) is 3.12. The highest BCUT2D eigenvalue weighted by Crippen LogP contribution is 2.58. The van der Waals surface area contributed by atoms with Gasteiger partial charge >= 0.3 is 0 Å². The highest BCUT2D eigenvalue weighted by Gasteiger charge is 2.64. The zero-order chi connectivity index (χ0) is 17.5. The summed E-state index contributed by atoms with van der Waals surface area (Å²) in [5, 5.41) is 9.16. The first-order valence-corrected chi connectivity index (χ1v) is 9.58. The molecule has 1 fully saturated rings. The lowest BCUT2D eigenvalue weighted by molar-refractivity contribution is -0.564. The fraction of sp³-hybridized carbons (Fsp3) is 0.381. The van der Waals surface area contributed by atoms with Gasteiger partial charge in [-0.15, -0.1) is 11.3 Å². The van der Waals surface area contributed by atoms with E-state index in [0.717, 1.165) is 41.0 Å². The SMILES string of the molecule is CCC1(c2ccccc2-c2ccc(C#N)s2)OOC12CC=C(C)CC2. The molecule has 1 aliphatic carbocycles. The number of thiophene rings is 1. The molecular weight excluding hydrogens is 330 g/mol. The van der Waals surface area contributed by atoms with E-state index in [-0.39, 0.29) is 5.60 Å². The second-order valence-corrected chi connectivity index (χ2v) is 8.00. The van der Waals surface area contributed by atoms with Crippen LogP contribution >= 0.6 is 11.3 Å². The number of benzene rings is 1. The molecule has 2 atom stereocenters. The van der Waals surface area contributed by atoms with Gasteiger partial charge in [0.1, 0.15) is 16.5 Å². The van der Waals surface area contributed by atoms with Gasteiger partial charge in [-0.25, -0.2) is 9.78 Å². The van der Waals surface area contributed by atoms with E-state index in [1.165, 1.54) is 22.5 Å². The monoisotopic (exact) mass is 351 g/mol. The van der Waals surface area contributed by atoms with Crippen LogP contribution in [0.2, 0.25) is 0 Å². The largest absolute Gasteiger partial charge is 0.225 e. The maximum Gasteiger partial charge on any atom is 0.161 e. The Hall–Kier alpha value is -1.93. The molecular formula is C21H21NO2S. The topological polar surface area (TPSA) is 42.2 Å². The summed E-state index contributed by atoms with van der Waals surface area (Å²) in [5.74, 6) is 0. The van der Waals surface area contributed by atoms with Gasteiger partial charge in [0.15, 0.2) is 5.60 Å². The van der Waals surface area contributed by atoms with E-state index in [1.807, 2.05) is 18.2 Å². The van der Waals surface area contributed by atoms with Crippen molar-refractivity contribution in [2.45, 2.75) is 50.7 Å². The quantitative estimate of drug-likeness (QED) is 0.524. The van der Waals surface area contributed by atoms with Crippen molar-refractivity contribution >= 4 is 11.3 Å². The van der Waals surface area contributed by atoms with Crippen LogP contribution in [0.1, 0.15) is 50.0 Å². The Kier molecular flexibility index (Phi) is 4.04. The first-order chi connectivity index (χ1) is 12.1. The van der Waals surface area contributed by atoms with Gasteiger partial charge in [-0.2, -0.15) is 5.26 Å². The molecule has 0 N–H and O–H groups in total. The number of hydrogen-bond acceptors (Lipinski definition) is 4. The summed E-state index contributed by atoms with van der Waals surface area (Å²) in [6, 6.07) is 14.5. The molecule has 2 heterocycles. The first-order valence-electron chi connectivity index (χ1n) is 8.76. The lowest BCUT2D eigenvalue weighted by atomic mass is 9.66. The summed E-state index contributed by atoms with van der Waals surface area (Å²) < 4.78 is 0. The number of rotatable bonds is 3. The minimum atomic E-state index is -0.433. The van der Waals surface area contributed by atoms with E-state index in [0.29, 0.717) is 0 Å². The van der Waals surface area contributed by atoms with Gasteiger partial charge in [-0.05, 0) is 49.4 Å². The smallest absolute Gasteiger partial charge is 0.161 e. The van der Waals surface area contributed by atoms with Crippen LogP contribution in [0, 0.1) is 11.3 Å². The standard InChI is InChI=1S/C21H21NO2S/c1-3-21(20(23-24-21)12-10-15(2)11-13-20)18-7-5-4-6-17(18)19-9-8-16(14-22)25-19/h4-10H,3,11-13H2,1-2H3. The number of nitrogens with zero attached hydrogens (tertiary/aromatic N) is 1. The van der Waals surface area contributed by atoms with Crippen molar-refractivity contribution in [3.63, 3.8) is 0 Å². The summed E-state index contributed by atoms with van der Waals surface area (Å²) >= 11 is 1.53. The van der Waals surface area contributed by atoms with Crippen LogP contribution < -0.4 is 0 Å². The lowest BCUT2D eigenvalue weighted by Crippen LogP contribution is -2.64. The van der Waals surface area contributed by atoms with Crippen molar-refractivity contribution in [3.05, 3.63) is 58.5 Å². The van der Waals surface area contributed by atoms with Crippen molar-refractivity contribution < 1.29 is 9.78 Å². The van der Waals surface area contributed by atoms with Gasteiger partial charge in [-0.1, -0.05) is 42.8 Å². The average molecular weight is 351 g/mol. The minimum absolute atomic E-state index is 0.285. The van der Waals surface area contributed by atoms with Crippen LogP contribution in [-0.4, -0.2) is 5.60 Å². The van der Waals surface area contributed by atoms with Crippen LogP contribution in [0.15, 0.2) is 48.0 Å². The summed E-state index contributed by atoms with van der Waals surface area (Å²) in [6.45, 7) is 4.35. The van der Waals surface area contributed by atoms with Gasteiger partial charge in [0.2, 0.25) is 0 Å². The first kappa shape index (κ1) is 16.5. The number of hydrogen-bond donors (Lipinski definition) is 0. The van der Waals surface area contributed by atoms with Crippen molar-refractivity contribution in [3.8, 4) is 16.5 Å². The second kappa shape index (κ2) is 6.10. The predicted molar refractivity (Wildman–Crippen MR) is 98.9 cm³/mol. The number of allylic oxidation sites excluding steroid dienone is 1. The molecule has 4 heteroatoms. The van der Waals surface area contributed by atoms with Crippen LogP contribution in [0.3, 0.4) is 0 Å². The molecule has 1 aromatic carbocycles. The molecule has 2 aromatic rings. The van der Waals surface area contributed by atoms with Gasteiger partial charge < -0.3 is 0 Å². The Balaban J connectivity index is 1.82. The maximum absolute atomic E-state index is 9.16.